The van der Waals surface area contributed by atoms with E-state index < -0.39 is 10.0 Å². The Morgan fingerprint density at radius 2 is 1.74 bits per heavy atom. The van der Waals surface area contributed by atoms with E-state index in [0.29, 0.717) is 22.4 Å². The van der Waals surface area contributed by atoms with Crippen LogP contribution in [0.15, 0.2) is 41.3 Å². The monoisotopic (exact) mass is 443 g/mol. The zero-order valence-corrected chi connectivity index (χ0v) is 19.0. The second kappa shape index (κ2) is 9.62. The molecule has 1 saturated heterocycles. The van der Waals surface area contributed by atoms with Crippen LogP contribution in [-0.2, 0) is 14.8 Å². The van der Waals surface area contributed by atoms with Gasteiger partial charge in [0.05, 0.1) is 4.90 Å². The minimum atomic E-state index is -3.69. The van der Waals surface area contributed by atoms with Crippen molar-refractivity contribution >= 4 is 27.5 Å². The van der Waals surface area contributed by atoms with Crippen LogP contribution in [0.4, 0.5) is 5.69 Å². The first-order valence-corrected chi connectivity index (χ1v) is 11.9. The molecule has 0 spiro atoms. The van der Waals surface area contributed by atoms with Crippen LogP contribution in [0.3, 0.4) is 0 Å². The molecule has 0 aromatic heterocycles. The summed E-state index contributed by atoms with van der Waals surface area (Å²) in [6.45, 7) is 6.95. The summed E-state index contributed by atoms with van der Waals surface area (Å²) >= 11 is 0. The Morgan fingerprint density at radius 1 is 1.03 bits per heavy atom. The van der Waals surface area contributed by atoms with Crippen LogP contribution in [0.1, 0.15) is 46.3 Å². The maximum atomic E-state index is 12.7. The standard InChI is InChI=1S/C23H29N3O4S/c1-16-9-10-21(17(2)15-16)31(29,30)24-12-11-22(27)25-20-8-6-7-19(18(20)3)23(28)26-13-4-5-14-26/h6-10,15,24H,4-5,11-14H2,1-3H3,(H,25,27). The van der Waals surface area contributed by atoms with Crippen molar-refractivity contribution in [3.05, 3.63) is 58.7 Å². The first-order chi connectivity index (χ1) is 14.7. The summed E-state index contributed by atoms with van der Waals surface area (Å²) in [4.78, 5) is 27.1. The van der Waals surface area contributed by atoms with Gasteiger partial charge in [0.25, 0.3) is 5.91 Å². The van der Waals surface area contributed by atoms with Crippen LogP contribution < -0.4 is 10.0 Å². The number of nitrogens with zero attached hydrogens (tertiary/aromatic N) is 1. The van der Waals surface area contributed by atoms with E-state index in [1.165, 1.54) is 0 Å². The van der Waals surface area contributed by atoms with E-state index in [-0.39, 0.29) is 29.7 Å². The summed E-state index contributed by atoms with van der Waals surface area (Å²) in [5, 5.41) is 2.80. The third kappa shape index (κ3) is 5.51. The van der Waals surface area contributed by atoms with Gasteiger partial charge in [-0.3, -0.25) is 9.59 Å². The zero-order valence-electron chi connectivity index (χ0n) is 18.2. The number of rotatable bonds is 7. The van der Waals surface area contributed by atoms with Crippen LogP contribution >= 0.6 is 0 Å². The predicted octanol–water partition coefficient (Wildman–Crippen LogP) is 3.15. The number of anilines is 1. The van der Waals surface area contributed by atoms with Gasteiger partial charge < -0.3 is 10.2 Å². The molecule has 0 radical (unpaired) electrons. The molecule has 0 aliphatic carbocycles. The number of carbonyl (C=O) groups excluding carboxylic acids is 2. The molecule has 1 aliphatic rings. The molecule has 2 aromatic rings. The normalized spacial score (nSPS) is 14.0. The highest BCUT2D eigenvalue weighted by Gasteiger charge is 2.22. The molecule has 2 N–H and O–H groups in total. The van der Waals surface area contributed by atoms with Crippen molar-refractivity contribution in [1.82, 2.24) is 9.62 Å². The van der Waals surface area contributed by atoms with E-state index in [1.807, 2.05) is 18.7 Å². The number of benzene rings is 2. The topological polar surface area (TPSA) is 95.6 Å². The largest absolute Gasteiger partial charge is 0.339 e. The van der Waals surface area contributed by atoms with Gasteiger partial charge in [-0.25, -0.2) is 13.1 Å². The first-order valence-electron chi connectivity index (χ1n) is 10.4. The predicted molar refractivity (Wildman–Crippen MR) is 121 cm³/mol. The number of amides is 2. The van der Waals surface area contributed by atoms with Gasteiger partial charge in [0.15, 0.2) is 0 Å². The van der Waals surface area contributed by atoms with Gasteiger partial charge in [0.1, 0.15) is 0 Å². The van der Waals surface area contributed by atoms with Gasteiger partial charge in [0, 0.05) is 37.3 Å². The van der Waals surface area contributed by atoms with Gasteiger partial charge in [-0.15, -0.1) is 0 Å². The van der Waals surface area contributed by atoms with E-state index in [2.05, 4.69) is 10.0 Å². The lowest BCUT2D eigenvalue weighted by Gasteiger charge is -2.18. The minimum absolute atomic E-state index is 0.0200. The second-order valence-corrected chi connectivity index (χ2v) is 9.68. The van der Waals surface area contributed by atoms with Crippen LogP contribution in [-0.4, -0.2) is 44.8 Å². The Bertz CT molecular complexity index is 1090. The van der Waals surface area contributed by atoms with Crippen LogP contribution in [0.5, 0.6) is 0 Å². The summed E-state index contributed by atoms with van der Waals surface area (Å²) < 4.78 is 27.5. The maximum absolute atomic E-state index is 12.7. The Kier molecular flexibility index (Phi) is 7.12. The van der Waals surface area contributed by atoms with Gasteiger partial charge in [0.2, 0.25) is 15.9 Å². The van der Waals surface area contributed by atoms with Gasteiger partial charge in [-0.05, 0) is 62.9 Å². The highest BCUT2D eigenvalue weighted by Crippen LogP contribution is 2.22. The molecule has 1 fully saturated rings. The SMILES string of the molecule is Cc1ccc(S(=O)(=O)NCCC(=O)Nc2cccc(C(=O)N3CCCC3)c2C)c(C)c1. The summed E-state index contributed by atoms with van der Waals surface area (Å²) in [6.07, 6.45) is 2.01. The average Bonchev–Trinajstić information content (AvgIpc) is 3.23. The number of nitrogens with one attached hydrogen (secondary N) is 2. The van der Waals surface area contributed by atoms with Crippen molar-refractivity contribution < 1.29 is 18.0 Å². The van der Waals surface area contributed by atoms with Crippen molar-refractivity contribution in [3.63, 3.8) is 0 Å². The first kappa shape index (κ1) is 23.0. The van der Waals surface area contributed by atoms with Crippen molar-refractivity contribution in [2.45, 2.75) is 44.9 Å². The second-order valence-electron chi connectivity index (χ2n) is 7.94. The molecule has 0 bridgehead atoms. The number of likely N-dealkylation sites (tertiary alicyclic amines) is 1. The molecule has 7 nitrogen and oxygen atoms in total. The summed E-state index contributed by atoms with van der Waals surface area (Å²) in [5.74, 6) is -0.343. The van der Waals surface area contributed by atoms with E-state index in [4.69, 9.17) is 0 Å². The molecule has 0 atom stereocenters. The summed E-state index contributed by atoms with van der Waals surface area (Å²) in [7, 11) is -3.69. The molecule has 8 heteroatoms. The molecule has 1 aliphatic heterocycles. The van der Waals surface area contributed by atoms with E-state index in [1.54, 1.807) is 43.3 Å². The fourth-order valence-electron chi connectivity index (χ4n) is 3.78. The Morgan fingerprint density at radius 3 is 2.42 bits per heavy atom. The average molecular weight is 444 g/mol. The van der Waals surface area contributed by atoms with E-state index in [9.17, 15) is 18.0 Å². The number of aryl methyl sites for hydroxylation is 2. The Balaban J connectivity index is 1.60. The van der Waals surface area contributed by atoms with Crippen molar-refractivity contribution in [3.8, 4) is 0 Å². The molecule has 0 unspecified atom stereocenters. The molecule has 166 valence electrons. The lowest BCUT2D eigenvalue weighted by molar-refractivity contribution is -0.116. The maximum Gasteiger partial charge on any atom is 0.254 e. The summed E-state index contributed by atoms with van der Waals surface area (Å²) in [6, 6.07) is 10.4. The fraction of sp³-hybridized carbons (Fsp3) is 0.391. The minimum Gasteiger partial charge on any atom is -0.339 e. The smallest absolute Gasteiger partial charge is 0.254 e. The molecule has 2 amide bonds. The van der Waals surface area contributed by atoms with Crippen LogP contribution in [0, 0.1) is 20.8 Å². The molecule has 1 heterocycles. The Labute approximate surface area is 183 Å². The van der Waals surface area contributed by atoms with E-state index >= 15 is 0 Å². The third-order valence-corrected chi connectivity index (χ3v) is 7.12. The molecule has 0 saturated carbocycles. The van der Waals surface area contributed by atoms with Crippen LogP contribution in [0.2, 0.25) is 0 Å². The number of hydrogen-bond donors (Lipinski definition) is 2. The van der Waals surface area contributed by atoms with E-state index in [0.717, 1.165) is 31.5 Å². The highest BCUT2D eigenvalue weighted by atomic mass is 32.2. The van der Waals surface area contributed by atoms with Gasteiger partial charge in [-0.1, -0.05) is 23.8 Å². The van der Waals surface area contributed by atoms with Crippen molar-refractivity contribution in [1.29, 1.82) is 0 Å². The molecule has 2 aromatic carbocycles. The third-order valence-electron chi connectivity index (χ3n) is 5.50. The van der Waals surface area contributed by atoms with Crippen molar-refractivity contribution in [2.24, 2.45) is 0 Å². The van der Waals surface area contributed by atoms with Crippen molar-refractivity contribution in [2.75, 3.05) is 25.0 Å². The molecule has 3 rings (SSSR count). The fourth-order valence-corrected chi connectivity index (χ4v) is 5.04. The lowest BCUT2D eigenvalue weighted by Crippen LogP contribution is -2.29. The molecular weight excluding hydrogens is 414 g/mol. The quantitative estimate of drug-likeness (QED) is 0.687. The summed E-state index contributed by atoms with van der Waals surface area (Å²) in [5.41, 5.74) is 3.50. The Hall–Kier alpha value is -2.71. The van der Waals surface area contributed by atoms with Gasteiger partial charge >= 0.3 is 0 Å². The zero-order chi connectivity index (χ0) is 22.6. The number of sulfonamides is 1. The molecule has 31 heavy (non-hydrogen) atoms. The number of hydrogen-bond acceptors (Lipinski definition) is 4. The van der Waals surface area contributed by atoms with Crippen LogP contribution in [0.25, 0.3) is 0 Å². The highest BCUT2D eigenvalue weighted by molar-refractivity contribution is 7.89. The number of carbonyl (C=O) groups is 2. The lowest BCUT2D eigenvalue weighted by atomic mass is 10.1. The van der Waals surface area contributed by atoms with Gasteiger partial charge in [-0.2, -0.15) is 0 Å². The molecular formula is C23H29N3O4S.